The van der Waals surface area contributed by atoms with E-state index in [9.17, 15) is 5.11 Å². The molecule has 0 aliphatic rings. The third kappa shape index (κ3) is 3.73. The van der Waals surface area contributed by atoms with Crippen LogP contribution in [0.25, 0.3) is 0 Å². The zero-order valence-electron chi connectivity index (χ0n) is 7.99. The van der Waals surface area contributed by atoms with E-state index in [1.54, 1.807) is 25.4 Å². The molecule has 1 aromatic rings. The largest absolute Gasteiger partial charge is 0.506 e. The van der Waals surface area contributed by atoms with E-state index in [1.807, 2.05) is 0 Å². The van der Waals surface area contributed by atoms with Gasteiger partial charge < -0.3 is 10.4 Å². The lowest BCUT2D eigenvalue weighted by Crippen LogP contribution is -2.28. The van der Waals surface area contributed by atoms with E-state index in [0.29, 0.717) is 5.11 Å². The van der Waals surface area contributed by atoms with Crippen LogP contribution >= 0.6 is 23.8 Å². The maximum atomic E-state index is 9.17. The van der Waals surface area contributed by atoms with Crippen LogP contribution in [0, 0.1) is 0 Å². The third-order valence-electron chi connectivity index (χ3n) is 1.58. The highest BCUT2D eigenvalue weighted by Crippen LogP contribution is 2.22. The highest BCUT2D eigenvalue weighted by atomic mass is 35.5. The van der Waals surface area contributed by atoms with E-state index in [4.69, 9.17) is 23.8 Å². The smallest absolute Gasteiger partial charge is 0.186 e. The van der Waals surface area contributed by atoms with Gasteiger partial charge in [0.15, 0.2) is 5.11 Å². The van der Waals surface area contributed by atoms with Gasteiger partial charge in [-0.2, -0.15) is 5.10 Å². The van der Waals surface area contributed by atoms with Crippen molar-refractivity contribution in [2.24, 2.45) is 5.10 Å². The molecule has 0 saturated heterocycles. The minimum absolute atomic E-state index is 0.0486. The van der Waals surface area contributed by atoms with Gasteiger partial charge in [0.05, 0.1) is 11.2 Å². The summed E-state index contributed by atoms with van der Waals surface area (Å²) in [5, 5.41) is 16.5. The minimum atomic E-state index is 0.0486. The number of hydrogen-bond acceptors (Lipinski definition) is 3. The summed E-state index contributed by atoms with van der Waals surface area (Å²) >= 11 is 10.5. The predicted molar refractivity (Wildman–Crippen MR) is 65.5 cm³/mol. The minimum Gasteiger partial charge on any atom is -0.506 e. The number of benzene rings is 1. The van der Waals surface area contributed by atoms with Crippen LogP contribution in [0.2, 0.25) is 5.02 Å². The fourth-order valence-corrected chi connectivity index (χ4v) is 1.07. The van der Waals surface area contributed by atoms with Crippen molar-refractivity contribution in [2.75, 3.05) is 7.05 Å². The molecule has 0 fully saturated rings. The Labute approximate surface area is 97.9 Å². The third-order valence-corrected chi connectivity index (χ3v) is 2.18. The molecule has 0 radical (unpaired) electrons. The Morgan fingerprint density at radius 2 is 2.33 bits per heavy atom. The quantitative estimate of drug-likeness (QED) is 0.418. The summed E-state index contributed by atoms with van der Waals surface area (Å²) in [5.41, 5.74) is 3.37. The Bertz CT molecular complexity index is 395. The zero-order chi connectivity index (χ0) is 11.3. The molecule has 3 N–H and O–H groups in total. The number of phenolic OH excluding ortho intramolecular Hbond substituents is 1. The molecule has 0 atom stereocenters. The van der Waals surface area contributed by atoms with Gasteiger partial charge in [-0.05, 0) is 36.0 Å². The lowest BCUT2D eigenvalue weighted by atomic mass is 10.2. The molecule has 0 amide bonds. The number of nitrogens with one attached hydrogen (secondary N) is 2. The number of nitrogens with zero attached hydrogens (tertiary/aromatic N) is 1. The van der Waals surface area contributed by atoms with E-state index in [1.165, 1.54) is 6.07 Å². The topological polar surface area (TPSA) is 56.7 Å². The summed E-state index contributed by atoms with van der Waals surface area (Å²) in [5.74, 6) is 0.0486. The maximum absolute atomic E-state index is 9.17. The Balaban J connectivity index is 2.65. The summed E-state index contributed by atoms with van der Waals surface area (Å²) in [4.78, 5) is 0. The number of thiocarbonyl (C=S) groups is 1. The first-order valence-electron chi connectivity index (χ1n) is 4.13. The van der Waals surface area contributed by atoms with E-state index in [-0.39, 0.29) is 10.8 Å². The molecule has 0 heterocycles. The van der Waals surface area contributed by atoms with Gasteiger partial charge in [0.25, 0.3) is 0 Å². The average molecular weight is 244 g/mol. The Hall–Kier alpha value is -1.33. The highest BCUT2D eigenvalue weighted by Gasteiger charge is 1.97. The monoisotopic (exact) mass is 243 g/mol. The van der Waals surface area contributed by atoms with Crippen LogP contribution in [0.4, 0.5) is 0 Å². The Kier molecular flexibility index (Phi) is 4.33. The summed E-state index contributed by atoms with van der Waals surface area (Å²) in [6.07, 6.45) is 1.55. The van der Waals surface area contributed by atoms with Crippen molar-refractivity contribution in [3.05, 3.63) is 28.8 Å². The molecule has 0 aliphatic carbocycles. The lowest BCUT2D eigenvalue weighted by molar-refractivity contribution is 0.475. The molecule has 1 rings (SSSR count). The van der Waals surface area contributed by atoms with Crippen molar-refractivity contribution in [1.29, 1.82) is 0 Å². The van der Waals surface area contributed by atoms with E-state index >= 15 is 0 Å². The molecule has 80 valence electrons. The standard InChI is InChI=1S/C9H10ClN3OS/c1-11-9(15)13-12-5-6-2-3-8(14)7(10)4-6/h2-5,14H,1H3,(H2,11,13,15)/b12-5+. The molecule has 6 heteroatoms. The fourth-order valence-electron chi connectivity index (χ4n) is 0.825. The number of phenols is 1. The van der Waals surface area contributed by atoms with Gasteiger partial charge in [0.1, 0.15) is 5.75 Å². The van der Waals surface area contributed by atoms with E-state index in [0.717, 1.165) is 5.56 Å². The molecular formula is C9H10ClN3OS. The van der Waals surface area contributed by atoms with Crippen molar-refractivity contribution >= 4 is 35.1 Å². The predicted octanol–water partition coefficient (Wildman–Crippen LogP) is 1.47. The second-order valence-electron chi connectivity index (χ2n) is 2.66. The number of hydrazone groups is 1. The molecule has 0 aromatic heterocycles. The van der Waals surface area contributed by atoms with Gasteiger partial charge in [-0.25, -0.2) is 0 Å². The van der Waals surface area contributed by atoms with Crippen LogP contribution in [-0.4, -0.2) is 23.5 Å². The zero-order valence-corrected chi connectivity index (χ0v) is 9.56. The molecule has 0 spiro atoms. The van der Waals surface area contributed by atoms with Crippen LogP contribution in [0.3, 0.4) is 0 Å². The molecule has 15 heavy (non-hydrogen) atoms. The van der Waals surface area contributed by atoms with Crippen molar-refractivity contribution in [1.82, 2.24) is 10.7 Å². The molecule has 0 aliphatic heterocycles. The van der Waals surface area contributed by atoms with Gasteiger partial charge >= 0.3 is 0 Å². The molecule has 0 unspecified atom stereocenters. The average Bonchev–Trinajstić information content (AvgIpc) is 2.23. The summed E-state index contributed by atoms with van der Waals surface area (Å²) in [7, 11) is 1.70. The first kappa shape index (κ1) is 11.7. The van der Waals surface area contributed by atoms with Crippen LogP contribution in [0.5, 0.6) is 5.75 Å². The lowest BCUT2D eigenvalue weighted by Gasteiger charge is -2.00. The second-order valence-corrected chi connectivity index (χ2v) is 3.48. The number of hydrogen-bond donors (Lipinski definition) is 3. The Morgan fingerprint density at radius 1 is 1.60 bits per heavy atom. The molecule has 0 saturated carbocycles. The van der Waals surface area contributed by atoms with E-state index in [2.05, 4.69) is 15.8 Å². The van der Waals surface area contributed by atoms with Crippen LogP contribution < -0.4 is 10.7 Å². The van der Waals surface area contributed by atoms with Gasteiger partial charge in [0.2, 0.25) is 0 Å². The summed E-state index contributed by atoms with van der Waals surface area (Å²) in [6, 6.07) is 4.79. The summed E-state index contributed by atoms with van der Waals surface area (Å²) in [6.45, 7) is 0. The van der Waals surface area contributed by atoms with Crippen molar-refractivity contribution in [3.63, 3.8) is 0 Å². The van der Waals surface area contributed by atoms with Crippen molar-refractivity contribution in [3.8, 4) is 5.75 Å². The SMILES string of the molecule is CNC(=S)N/N=C/c1ccc(O)c(Cl)c1. The summed E-state index contributed by atoms with van der Waals surface area (Å²) < 4.78 is 0. The molecule has 1 aromatic carbocycles. The number of aromatic hydroxyl groups is 1. The van der Waals surface area contributed by atoms with Crippen LogP contribution in [0.1, 0.15) is 5.56 Å². The molecule has 4 nitrogen and oxygen atoms in total. The van der Waals surface area contributed by atoms with Crippen LogP contribution in [-0.2, 0) is 0 Å². The second kappa shape index (κ2) is 5.53. The number of rotatable bonds is 2. The van der Waals surface area contributed by atoms with Gasteiger partial charge in [0, 0.05) is 7.05 Å². The van der Waals surface area contributed by atoms with Gasteiger partial charge in [-0.1, -0.05) is 11.6 Å². The highest BCUT2D eigenvalue weighted by molar-refractivity contribution is 7.80. The number of halogens is 1. The normalized spacial score (nSPS) is 10.3. The van der Waals surface area contributed by atoms with Crippen LogP contribution in [0.15, 0.2) is 23.3 Å². The first-order valence-corrected chi connectivity index (χ1v) is 4.91. The van der Waals surface area contributed by atoms with Crippen molar-refractivity contribution in [2.45, 2.75) is 0 Å². The first-order chi connectivity index (χ1) is 7.13. The van der Waals surface area contributed by atoms with Gasteiger partial charge in [-0.3, -0.25) is 5.43 Å². The Morgan fingerprint density at radius 3 is 2.93 bits per heavy atom. The fraction of sp³-hybridized carbons (Fsp3) is 0.111. The van der Waals surface area contributed by atoms with Gasteiger partial charge in [-0.15, -0.1) is 0 Å². The van der Waals surface area contributed by atoms with E-state index < -0.39 is 0 Å². The molecule has 0 bridgehead atoms. The van der Waals surface area contributed by atoms with Crippen molar-refractivity contribution < 1.29 is 5.11 Å². The molecular weight excluding hydrogens is 234 g/mol. The maximum Gasteiger partial charge on any atom is 0.186 e.